The number of aryl methyl sites for hydroxylation is 1. The van der Waals surface area contributed by atoms with Gasteiger partial charge in [0.15, 0.2) is 0 Å². The number of nitrogens with zero attached hydrogens (tertiary/aromatic N) is 3. The number of anilines is 1. The summed E-state index contributed by atoms with van der Waals surface area (Å²) < 4.78 is 13.2. The Morgan fingerprint density at radius 3 is 2.80 bits per heavy atom. The Morgan fingerprint density at radius 2 is 2.12 bits per heavy atom. The fraction of sp³-hybridized carbons (Fsp3) is 0.529. The molecular formula is C17H25N5O3. The third-order valence-electron chi connectivity index (χ3n) is 4.42. The lowest BCUT2D eigenvalue weighted by Gasteiger charge is -2.26. The van der Waals surface area contributed by atoms with E-state index in [1.165, 1.54) is 0 Å². The van der Waals surface area contributed by atoms with Crippen molar-refractivity contribution < 1.29 is 14.3 Å². The van der Waals surface area contributed by atoms with Crippen LogP contribution in [0.5, 0.6) is 5.75 Å². The van der Waals surface area contributed by atoms with Gasteiger partial charge in [-0.25, -0.2) is 4.98 Å². The lowest BCUT2D eigenvalue weighted by Crippen LogP contribution is -2.37. The maximum absolute atomic E-state index is 11.6. The van der Waals surface area contributed by atoms with E-state index in [-0.39, 0.29) is 0 Å². The summed E-state index contributed by atoms with van der Waals surface area (Å²) >= 11 is 0. The highest BCUT2D eigenvalue weighted by Gasteiger charge is 2.16. The number of nitrogens with two attached hydrogens (primary N) is 2. The first-order valence-corrected chi connectivity index (χ1v) is 8.62. The van der Waals surface area contributed by atoms with E-state index < -0.39 is 5.91 Å². The van der Waals surface area contributed by atoms with Crippen molar-refractivity contribution in [1.29, 1.82) is 0 Å². The van der Waals surface area contributed by atoms with E-state index in [0.717, 1.165) is 44.8 Å². The number of hydrogen-bond donors (Lipinski definition) is 2. The van der Waals surface area contributed by atoms with Gasteiger partial charge in [0.05, 0.1) is 25.3 Å². The lowest BCUT2D eigenvalue weighted by atomic mass is 10.1. The summed E-state index contributed by atoms with van der Waals surface area (Å²) in [6, 6.07) is 3.33. The summed E-state index contributed by atoms with van der Waals surface area (Å²) in [5.74, 6) is 0.487. The van der Waals surface area contributed by atoms with E-state index in [1.807, 2.05) is 11.5 Å². The Balaban J connectivity index is 1.75. The van der Waals surface area contributed by atoms with Crippen LogP contribution < -0.4 is 16.2 Å². The van der Waals surface area contributed by atoms with E-state index in [0.29, 0.717) is 35.9 Å². The predicted molar refractivity (Wildman–Crippen MR) is 95.7 cm³/mol. The molecule has 0 aliphatic carbocycles. The molecule has 0 atom stereocenters. The van der Waals surface area contributed by atoms with Gasteiger partial charge in [0.25, 0.3) is 0 Å². The monoisotopic (exact) mass is 347 g/mol. The first-order valence-electron chi connectivity index (χ1n) is 8.62. The van der Waals surface area contributed by atoms with Gasteiger partial charge in [-0.3, -0.25) is 9.69 Å². The van der Waals surface area contributed by atoms with Crippen LogP contribution in [-0.4, -0.2) is 59.8 Å². The third kappa shape index (κ3) is 3.85. The Labute approximate surface area is 146 Å². The molecule has 1 aliphatic heterocycles. The number of morpholine rings is 1. The second-order valence-electron chi connectivity index (χ2n) is 6.08. The van der Waals surface area contributed by atoms with Crippen molar-refractivity contribution in [3.8, 4) is 5.75 Å². The highest BCUT2D eigenvalue weighted by molar-refractivity contribution is 5.98. The van der Waals surface area contributed by atoms with Crippen molar-refractivity contribution in [3.63, 3.8) is 0 Å². The van der Waals surface area contributed by atoms with Crippen molar-refractivity contribution in [2.24, 2.45) is 5.73 Å². The van der Waals surface area contributed by atoms with Crippen LogP contribution in [0.1, 0.15) is 23.7 Å². The van der Waals surface area contributed by atoms with E-state index in [2.05, 4.69) is 9.88 Å². The average Bonchev–Trinajstić information content (AvgIpc) is 2.94. The number of benzene rings is 1. The van der Waals surface area contributed by atoms with Gasteiger partial charge in [0, 0.05) is 31.7 Å². The van der Waals surface area contributed by atoms with Crippen LogP contribution in [0.15, 0.2) is 12.1 Å². The van der Waals surface area contributed by atoms with E-state index in [9.17, 15) is 4.79 Å². The summed E-state index contributed by atoms with van der Waals surface area (Å²) in [7, 11) is 0. The molecule has 1 aliphatic rings. The van der Waals surface area contributed by atoms with E-state index in [4.69, 9.17) is 20.9 Å². The van der Waals surface area contributed by atoms with Crippen LogP contribution >= 0.6 is 0 Å². The van der Waals surface area contributed by atoms with Crippen molar-refractivity contribution in [2.75, 3.05) is 45.2 Å². The molecule has 136 valence electrons. The van der Waals surface area contributed by atoms with E-state index in [1.54, 1.807) is 12.1 Å². The fourth-order valence-electron chi connectivity index (χ4n) is 3.12. The smallest absolute Gasteiger partial charge is 0.248 e. The first-order chi connectivity index (χ1) is 12.1. The molecule has 2 heterocycles. The predicted octanol–water partition coefficient (Wildman–Crippen LogP) is 0.838. The quantitative estimate of drug-likeness (QED) is 0.719. The molecule has 8 nitrogen and oxygen atoms in total. The molecular weight excluding hydrogens is 322 g/mol. The Morgan fingerprint density at radius 1 is 1.36 bits per heavy atom. The molecule has 1 amide bonds. The van der Waals surface area contributed by atoms with Crippen LogP contribution in [0.4, 0.5) is 5.95 Å². The Hall–Kier alpha value is -2.32. The number of amides is 1. The molecule has 8 heteroatoms. The molecule has 0 bridgehead atoms. The number of nitrogen functional groups attached to an aromatic ring is 1. The van der Waals surface area contributed by atoms with Crippen molar-refractivity contribution in [3.05, 3.63) is 17.7 Å². The van der Waals surface area contributed by atoms with Gasteiger partial charge in [-0.05, 0) is 25.5 Å². The molecule has 1 aromatic carbocycles. The largest absolute Gasteiger partial charge is 0.491 e. The topological polar surface area (TPSA) is 109 Å². The molecule has 4 N–H and O–H groups in total. The zero-order valence-electron chi connectivity index (χ0n) is 14.5. The number of ether oxygens (including phenoxy) is 2. The molecule has 0 radical (unpaired) electrons. The average molecular weight is 347 g/mol. The van der Waals surface area contributed by atoms with E-state index >= 15 is 0 Å². The number of primary amides is 1. The van der Waals surface area contributed by atoms with Crippen molar-refractivity contribution in [1.82, 2.24) is 14.5 Å². The van der Waals surface area contributed by atoms with Gasteiger partial charge in [-0.15, -0.1) is 0 Å². The number of aromatic nitrogens is 2. The van der Waals surface area contributed by atoms with Crippen LogP contribution in [0.2, 0.25) is 0 Å². The summed E-state index contributed by atoms with van der Waals surface area (Å²) in [4.78, 5) is 18.3. The van der Waals surface area contributed by atoms with Crippen molar-refractivity contribution in [2.45, 2.75) is 19.9 Å². The number of carbonyl (C=O) groups is 1. The number of hydrogen-bond acceptors (Lipinski definition) is 6. The fourth-order valence-corrected chi connectivity index (χ4v) is 3.12. The van der Waals surface area contributed by atoms with Gasteiger partial charge in [-0.1, -0.05) is 0 Å². The molecule has 2 aromatic rings. The van der Waals surface area contributed by atoms with Gasteiger partial charge in [-0.2, -0.15) is 0 Å². The lowest BCUT2D eigenvalue weighted by molar-refractivity contribution is 0.0358. The molecule has 0 spiro atoms. The SMILES string of the molecule is CCn1c(N)nc2cc(C(N)=O)cc(OCCCN3CCOCC3)c21. The molecule has 1 aromatic heterocycles. The first kappa shape index (κ1) is 17.5. The number of carbonyl (C=O) groups excluding carboxylic acids is 1. The van der Waals surface area contributed by atoms with Crippen LogP contribution in [0, 0.1) is 0 Å². The maximum atomic E-state index is 11.6. The van der Waals surface area contributed by atoms with Crippen LogP contribution in [0.25, 0.3) is 11.0 Å². The minimum Gasteiger partial charge on any atom is -0.491 e. The van der Waals surface area contributed by atoms with Crippen LogP contribution in [-0.2, 0) is 11.3 Å². The molecule has 25 heavy (non-hydrogen) atoms. The number of imidazole rings is 1. The molecule has 1 fully saturated rings. The van der Waals surface area contributed by atoms with Gasteiger partial charge >= 0.3 is 0 Å². The van der Waals surface area contributed by atoms with Crippen molar-refractivity contribution >= 4 is 22.9 Å². The Bertz CT molecular complexity index is 752. The summed E-state index contributed by atoms with van der Waals surface area (Å²) in [6.45, 7) is 7.65. The summed E-state index contributed by atoms with van der Waals surface area (Å²) in [5.41, 5.74) is 13.2. The molecule has 1 saturated heterocycles. The molecule has 0 saturated carbocycles. The highest BCUT2D eigenvalue weighted by Crippen LogP contribution is 2.30. The zero-order chi connectivity index (χ0) is 17.8. The third-order valence-corrected chi connectivity index (χ3v) is 4.42. The second kappa shape index (κ2) is 7.71. The maximum Gasteiger partial charge on any atom is 0.248 e. The minimum atomic E-state index is -0.510. The minimum absolute atomic E-state index is 0.372. The standard InChI is InChI=1S/C17H25N5O3/c1-2-22-15-13(20-17(22)19)10-12(16(18)23)11-14(15)25-7-3-4-21-5-8-24-9-6-21/h10-11H,2-9H2,1H3,(H2,18,23)(H2,19,20). The molecule has 0 unspecified atom stereocenters. The normalized spacial score (nSPS) is 15.6. The zero-order valence-corrected chi connectivity index (χ0v) is 14.5. The highest BCUT2D eigenvalue weighted by atomic mass is 16.5. The van der Waals surface area contributed by atoms with Crippen LogP contribution in [0.3, 0.4) is 0 Å². The Kier molecular flexibility index (Phi) is 5.40. The summed E-state index contributed by atoms with van der Waals surface area (Å²) in [5, 5.41) is 0. The number of fused-ring (bicyclic) bond motifs is 1. The van der Waals surface area contributed by atoms with Gasteiger partial charge in [0.1, 0.15) is 11.3 Å². The van der Waals surface area contributed by atoms with Gasteiger partial charge in [0.2, 0.25) is 11.9 Å². The second-order valence-corrected chi connectivity index (χ2v) is 6.08. The summed E-state index contributed by atoms with van der Waals surface area (Å²) in [6.07, 6.45) is 0.887. The molecule has 3 rings (SSSR count). The number of rotatable bonds is 7. The van der Waals surface area contributed by atoms with Gasteiger partial charge < -0.3 is 25.5 Å².